The van der Waals surface area contributed by atoms with Crippen molar-refractivity contribution in [3.8, 4) is 5.88 Å². The molecule has 0 aromatic carbocycles. The minimum absolute atomic E-state index is 0.0825. The van der Waals surface area contributed by atoms with Gasteiger partial charge in [0.1, 0.15) is 6.61 Å². The van der Waals surface area contributed by atoms with Crippen LogP contribution in [0.4, 0.5) is 5.82 Å². The van der Waals surface area contributed by atoms with Crippen molar-refractivity contribution >= 4 is 47.3 Å². The van der Waals surface area contributed by atoms with E-state index in [1.54, 1.807) is 20.8 Å². The van der Waals surface area contributed by atoms with E-state index in [1.807, 2.05) is 4.90 Å². The molecule has 0 saturated carbocycles. The van der Waals surface area contributed by atoms with Crippen LogP contribution in [0.2, 0.25) is 0 Å². The lowest BCUT2D eigenvalue weighted by atomic mass is 10.1. The highest BCUT2D eigenvalue weighted by atomic mass is 32.1. The molecule has 2 rings (SSSR count). The van der Waals surface area contributed by atoms with Crippen molar-refractivity contribution in [1.82, 2.24) is 13.6 Å². The van der Waals surface area contributed by atoms with Gasteiger partial charge in [-0.2, -0.15) is 4.37 Å². The fourth-order valence-electron chi connectivity index (χ4n) is 3.72. The fourth-order valence-corrected chi connectivity index (χ4v) is 4.24. The van der Waals surface area contributed by atoms with Gasteiger partial charge in [0.2, 0.25) is 5.82 Å². The third-order valence-corrected chi connectivity index (χ3v) is 6.24. The van der Waals surface area contributed by atoms with E-state index in [9.17, 15) is 24.0 Å². The van der Waals surface area contributed by atoms with Crippen molar-refractivity contribution in [3.05, 3.63) is 0 Å². The third kappa shape index (κ3) is 11.9. The first-order valence-electron chi connectivity index (χ1n) is 13.1. The van der Waals surface area contributed by atoms with E-state index in [0.29, 0.717) is 32.1 Å². The van der Waals surface area contributed by atoms with Gasteiger partial charge in [-0.1, -0.05) is 0 Å². The second-order valence-corrected chi connectivity index (χ2v) is 10.7. The zero-order valence-corrected chi connectivity index (χ0v) is 24.8. The molecule has 1 saturated heterocycles. The summed E-state index contributed by atoms with van der Waals surface area (Å²) in [5, 5.41) is 8.72. The average molecular weight is 603 g/mol. The van der Waals surface area contributed by atoms with Crippen LogP contribution in [-0.4, -0.2) is 112 Å². The molecule has 0 aliphatic carbocycles. The maximum atomic E-state index is 13.1. The highest BCUT2D eigenvalue weighted by Gasteiger charge is 2.33. The normalized spacial score (nSPS) is 14.9. The van der Waals surface area contributed by atoms with Crippen molar-refractivity contribution in [2.75, 3.05) is 51.0 Å². The number of nitrogens with zero attached hydrogens (tertiary/aromatic N) is 4. The molecule has 15 nitrogen and oxygen atoms in total. The third-order valence-electron chi connectivity index (χ3n) is 5.74. The number of aliphatic carboxylic acids is 1. The molecule has 1 aliphatic heterocycles. The Morgan fingerprint density at radius 2 is 1.78 bits per heavy atom. The number of hydrogen-bond acceptors (Lipinski definition) is 14. The van der Waals surface area contributed by atoms with Crippen LogP contribution < -0.4 is 9.64 Å². The number of anilines is 1. The molecule has 0 bridgehead atoms. The van der Waals surface area contributed by atoms with E-state index in [1.165, 1.54) is 11.8 Å². The maximum Gasteiger partial charge on any atom is 0.347 e. The molecule has 1 aromatic rings. The first kappa shape index (κ1) is 33.7. The Balaban J connectivity index is 2.14. The number of carbonyl (C=O) groups is 5. The number of carboxylic acid groups (broad SMARTS) is 1. The molecule has 0 spiro atoms. The van der Waals surface area contributed by atoms with Crippen LogP contribution in [0.1, 0.15) is 53.9 Å². The monoisotopic (exact) mass is 602 g/mol. The molecule has 0 radical (unpaired) electrons. The summed E-state index contributed by atoms with van der Waals surface area (Å²) in [5.41, 5.74) is -0.792. The molecule has 1 aromatic heterocycles. The SMILES string of the molecule is CC(=O)O[C@@H](C)C(=O)O[C@H](COc1nsnc1N1CCOCC1)CN(C(=O)COC(=O)CCCC(=O)O)C(C)(C)C. The number of carboxylic acids is 1. The predicted octanol–water partition coefficient (Wildman–Crippen LogP) is 1.04. The van der Waals surface area contributed by atoms with Gasteiger partial charge in [0, 0.05) is 38.4 Å². The number of esters is 3. The van der Waals surface area contributed by atoms with Gasteiger partial charge in [-0.05, 0) is 34.1 Å². The summed E-state index contributed by atoms with van der Waals surface area (Å²) in [7, 11) is 0. The summed E-state index contributed by atoms with van der Waals surface area (Å²) in [6, 6.07) is 0. The largest absolute Gasteiger partial charge is 0.481 e. The number of carbonyl (C=O) groups excluding carboxylic acids is 4. The van der Waals surface area contributed by atoms with E-state index in [2.05, 4.69) is 8.75 Å². The molecule has 1 N–H and O–H groups in total. The molecule has 0 unspecified atom stereocenters. The number of rotatable bonds is 15. The highest BCUT2D eigenvalue weighted by Crippen LogP contribution is 2.27. The molecule has 1 aliphatic rings. The standard InChI is InChI=1S/C25H38N4O11S/c1-16(39-17(2)30)24(35)40-18(14-38-23-22(26-41-27-23)28-9-11-36-12-10-28)13-29(25(3,4)5)19(31)15-37-21(34)8-6-7-20(32)33/h16,18H,6-15H2,1-5H3,(H,32,33)/t16-,18-/m0/s1. The van der Waals surface area contributed by atoms with E-state index in [0.717, 1.165) is 18.7 Å². The van der Waals surface area contributed by atoms with Gasteiger partial charge in [0.05, 0.1) is 31.5 Å². The number of hydrogen-bond donors (Lipinski definition) is 1. The lowest BCUT2D eigenvalue weighted by Gasteiger charge is -2.37. The summed E-state index contributed by atoms with van der Waals surface area (Å²) in [5.74, 6) is -3.06. The van der Waals surface area contributed by atoms with Crippen molar-refractivity contribution < 1.29 is 52.8 Å². The van der Waals surface area contributed by atoms with Gasteiger partial charge in [-0.25, -0.2) is 4.79 Å². The van der Waals surface area contributed by atoms with Crippen LogP contribution in [-0.2, 0) is 42.9 Å². The Labute approximate surface area is 242 Å². The summed E-state index contributed by atoms with van der Waals surface area (Å²) >= 11 is 0.958. The van der Waals surface area contributed by atoms with Gasteiger partial charge in [-0.15, -0.1) is 4.37 Å². The van der Waals surface area contributed by atoms with Crippen LogP contribution in [0.5, 0.6) is 5.88 Å². The van der Waals surface area contributed by atoms with Crippen LogP contribution in [0, 0.1) is 0 Å². The summed E-state index contributed by atoms with van der Waals surface area (Å²) in [4.78, 5) is 63.1. The van der Waals surface area contributed by atoms with Crippen LogP contribution in [0.3, 0.4) is 0 Å². The van der Waals surface area contributed by atoms with Crippen molar-refractivity contribution in [2.45, 2.75) is 71.6 Å². The average Bonchev–Trinajstić information content (AvgIpc) is 3.36. The zero-order valence-electron chi connectivity index (χ0n) is 24.0. The maximum absolute atomic E-state index is 13.1. The Hall–Kier alpha value is -3.53. The van der Waals surface area contributed by atoms with Gasteiger partial charge in [0.15, 0.2) is 18.8 Å². The first-order valence-corrected chi connectivity index (χ1v) is 13.8. The molecule has 41 heavy (non-hydrogen) atoms. The van der Waals surface area contributed by atoms with Gasteiger partial charge in [0.25, 0.3) is 11.8 Å². The molecule has 2 heterocycles. The van der Waals surface area contributed by atoms with Gasteiger partial charge < -0.3 is 38.6 Å². The Morgan fingerprint density at radius 1 is 1.10 bits per heavy atom. The van der Waals surface area contributed by atoms with Gasteiger partial charge in [-0.3, -0.25) is 19.2 Å². The fraction of sp³-hybridized carbons (Fsp3) is 0.720. The zero-order chi connectivity index (χ0) is 30.6. The molecular formula is C25H38N4O11S. The van der Waals surface area contributed by atoms with E-state index in [-0.39, 0.29) is 38.3 Å². The second kappa shape index (κ2) is 16.0. The Kier molecular flexibility index (Phi) is 13.2. The lowest BCUT2D eigenvalue weighted by molar-refractivity contribution is -0.172. The summed E-state index contributed by atoms with van der Waals surface area (Å²) in [6.45, 7) is 9.07. The van der Waals surface area contributed by atoms with E-state index < -0.39 is 54.1 Å². The number of ether oxygens (including phenoxy) is 5. The minimum Gasteiger partial charge on any atom is -0.481 e. The predicted molar refractivity (Wildman–Crippen MR) is 143 cm³/mol. The number of amides is 1. The Bertz CT molecular complexity index is 1050. The molecule has 1 amide bonds. The van der Waals surface area contributed by atoms with Crippen molar-refractivity contribution in [1.29, 1.82) is 0 Å². The van der Waals surface area contributed by atoms with Crippen LogP contribution >= 0.6 is 11.7 Å². The molecule has 16 heteroatoms. The minimum atomic E-state index is -1.20. The summed E-state index contributed by atoms with van der Waals surface area (Å²) in [6.07, 6.45) is -2.50. The van der Waals surface area contributed by atoms with Crippen molar-refractivity contribution in [2.24, 2.45) is 0 Å². The summed E-state index contributed by atoms with van der Waals surface area (Å²) < 4.78 is 35.4. The quantitative estimate of drug-likeness (QED) is 0.222. The molecule has 2 atom stereocenters. The highest BCUT2D eigenvalue weighted by molar-refractivity contribution is 6.99. The van der Waals surface area contributed by atoms with E-state index >= 15 is 0 Å². The van der Waals surface area contributed by atoms with Gasteiger partial charge >= 0.3 is 23.9 Å². The van der Waals surface area contributed by atoms with E-state index in [4.69, 9.17) is 28.8 Å². The number of morpholine rings is 1. The van der Waals surface area contributed by atoms with Crippen LogP contribution in [0.15, 0.2) is 0 Å². The Morgan fingerprint density at radius 3 is 2.39 bits per heavy atom. The lowest BCUT2D eigenvalue weighted by Crippen LogP contribution is -2.52. The topological polar surface area (TPSA) is 184 Å². The van der Waals surface area contributed by atoms with Crippen LogP contribution in [0.25, 0.3) is 0 Å². The smallest absolute Gasteiger partial charge is 0.347 e. The first-order chi connectivity index (χ1) is 19.3. The van der Waals surface area contributed by atoms with Crippen molar-refractivity contribution in [3.63, 3.8) is 0 Å². The number of aromatic nitrogens is 2. The molecular weight excluding hydrogens is 564 g/mol. The molecule has 230 valence electrons. The second-order valence-electron chi connectivity index (χ2n) is 10.2. The molecule has 1 fully saturated rings.